The summed E-state index contributed by atoms with van der Waals surface area (Å²) in [6.45, 7) is 21.0. The molecule has 10 aromatic carbocycles. The summed E-state index contributed by atoms with van der Waals surface area (Å²) in [5, 5.41) is 47.6. The second-order valence-corrected chi connectivity index (χ2v) is 29.9. The van der Waals surface area contributed by atoms with E-state index in [2.05, 4.69) is 142 Å². The molecule has 12 heterocycles. The Labute approximate surface area is 897 Å². The molecule has 34 heteroatoms. The zero-order valence-electron chi connectivity index (χ0n) is 78.1. The summed E-state index contributed by atoms with van der Waals surface area (Å²) >= 11 is 2.94. The third-order valence-corrected chi connectivity index (χ3v) is 19.7. The van der Waals surface area contributed by atoms with E-state index < -0.39 is 23.3 Å². The molecular formula is C112H82Cl2F6Ir4N22. The molecule has 0 aliphatic rings. The number of rotatable bonds is 14. The van der Waals surface area contributed by atoms with Gasteiger partial charge in [-0.1, -0.05) is 127 Å². The van der Waals surface area contributed by atoms with Gasteiger partial charge in [0.15, 0.2) is 0 Å². The molecule has 0 aliphatic heterocycles. The molecule has 0 saturated carbocycles. The molecule has 0 unspecified atom stereocenters. The standard InChI is InChI=1S/C24H17N4.C14H11F2N4.2C14H13N4.C11H6F2N.2C11H7FN.C11H8N.2CN.2ClH.4Ir/c1-3-8-19(9-4-1)23-14-16-27(25-23)21-12-7-13-22(18-21)28-17-15-24(26-28)20-10-5-2-6-11-20;1-9-3-5-19(17-9)13-8-14(12(16)7-11(13)15)20-6-4-10(2)18-20;2*1-11-6-8-17(15-11)13-4-3-5-14(10-13)18-9-7-12(2)16-18;12-8-4-5-9(10(13)7-8)11-3-1-2-6-14-11;2*12-10-6-4-9(5-7-10)11-3-1-2-8-13-11;1-2-6-10(7-3-1)11-8-4-5-9-12-11;2*1-2;;;;;;/h1-17H;3-7H,1-2H3;2*3-9H,1-2H3;1-4,6-7H;2*1-4,6-8H;1-6,8-9H;;;2*1H;;;;/q10*-1;;;4*+3/p-2. The Hall–Kier alpha value is -15.8. The first-order chi connectivity index (χ1) is 70.3. The van der Waals surface area contributed by atoms with Crippen LogP contribution in [-0.4, -0.2) is 98.2 Å². The summed E-state index contributed by atoms with van der Waals surface area (Å²) < 4.78 is 92.3. The average Bonchev–Trinajstić information content (AvgIpc) is 1.63. The van der Waals surface area contributed by atoms with Gasteiger partial charge in [-0.25, -0.2) is 0 Å². The number of hydrogen-bond acceptors (Lipinski definition) is 14. The zero-order valence-corrected chi connectivity index (χ0v) is 89.2. The minimum absolute atomic E-state index is 0. The van der Waals surface area contributed by atoms with Gasteiger partial charge in [0.25, 0.3) is 0 Å². The van der Waals surface area contributed by atoms with E-state index in [0.717, 1.165) is 143 Å². The SMILES string of the molecule is Cc1ccn(-c2[c-]c(-n3ccc(C)n3)c(F)cc2F)n1.Cc1ccn(-c2[c-]c(-n3ccc(C)n3)ccc2)n1.Cc1ccn(-c2[c-]c(-n3ccc(C)n3)ccc2)n1.Fc1c[c-]c(-c2ccccn2)c(F)c1.Fc1c[c-]c(-c2ccccn2)cc1.Fc1c[c-]c(-c2ccccn2)cc1.[C-]#N.[C-]#N.[Cl][Ir+2].[Cl][Ir+2].[Ir+3].[Ir+3].[c-]1c(-n2ccc(-c3ccccc3)n2)cccc1-n1ccc(-c2ccccc2)n1.[c-]1ccccc1-c1ccccn1. The first-order valence-electron chi connectivity index (χ1n) is 43.2. The van der Waals surface area contributed by atoms with Gasteiger partial charge in [-0.15, -0.1) is 168 Å². The molecule has 0 atom stereocenters. The molecule has 0 radical (unpaired) electrons. The number of aromatic nitrogens is 20. The van der Waals surface area contributed by atoms with Gasteiger partial charge in [0.05, 0.1) is 45.6 Å². The number of pyridine rings is 4. The van der Waals surface area contributed by atoms with E-state index in [0.29, 0.717) is 5.69 Å². The molecule has 22 aromatic rings. The van der Waals surface area contributed by atoms with Crippen molar-refractivity contribution >= 4 is 19.2 Å². The fourth-order valence-corrected chi connectivity index (χ4v) is 13.1. The minimum atomic E-state index is -0.724. The maximum atomic E-state index is 13.9. The zero-order chi connectivity index (χ0) is 102. The van der Waals surface area contributed by atoms with Crippen LogP contribution in [0.2, 0.25) is 0 Å². The molecule has 0 N–H and O–H groups in total. The van der Waals surface area contributed by atoms with Gasteiger partial charge < -0.3 is 43.6 Å². The number of benzene rings is 10. The normalized spacial score (nSPS) is 9.89. The Morgan fingerprint density at radius 1 is 0.253 bits per heavy atom. The number of halogens is 8. The third-order valence-electron chi connectivity index (χ3n) is 19.7. The third kappa shape index (κ3) is 34.0. The molecule has 732 valence electrons. The van der Waals surface area contributed by atoms with Gasteiger partial charge in [0.1, 0.15) is 0 Å². The Kier molecular flexibility index (Phi) is 46.7. The summed E-state index contributed by atoms with van der Waals surface area (Å²) in [5.74, 6) is -3.29. The van der Waals surface area contributed by atoms with Gasteiger partial charge >= 0.3 is 95.2 Å². The van der Waals surface area contributed by atoms with Crippen LogP contribution < -0.4 is 0 Å². The van der Waals surface area contributed by atoms with Crippen LogP contribution in [0, 0.1) is 149 Å². The Morgan fingerprint density at radius 3 is 0.822 bits per heavy atom. The summed E-state index contributed by atoms with van der Waals surface area (Å²) in [4.78, 5) is 16.4. The van der Waals surface area contributed by atoms with Crippen molar-refractivity contribution in [3.05, 3.63) is 521 Å². The molecule has 0 bridgehead atoms. The maximum absolute atomic E-state index is 13.9. The van der Waals surface area contributed by atoms with Crippen LogP contribution in [0.3, 0.4) is 0 Å². The molecular weight excluding hydrogens is 2610 g/mol. The van der Waals surface area contributed by atoms with E-state index in [1.807, 2.05) is 299 Å². The van der Waals surface area contributed by atoms with E-state index in [1.54, 1.807) is 93.5 Å². The van der Waals surface area contributed by atoms with Crippen LogP contribution in [0.15, 0.2) is 390 Å². The summed E-state index contributed by atoms with van der Waals surface area (Å²) in [7, 11) is 9.28. The number of aryl methyl sites for hydroxylation is 6. The van der Waals surface area contributed by atoms with Gasteiger partial charge in [-0.3, -0.25) is 63.8 Å². The van der Waals surface area contributed by atoms with Crippen LogP contribution in [-0.2, 0) is 76.0 Å². The quantitative estimate of drug-likeness (QED) is 0.0726. The molecule has 22 rings (SSSR count). The van der Waals surface area contributed by atoms with E-state index in [4.69, 9.17) is 33.9 Å². The molecule has 146 heavy (non-hydrogen) atoms. The van der Waals surface area contributed by atoms with Crippen molar-refractivity contribution in [3.8, 4) is 113 Å². The van der Waals surface area contributed by atoms with Crippen LogP contribution in [0.4, 0.5) is 26.3 Å². The van der Waals surface area contributed by atoms with Crippen molar-refractivity contribution in [3.63, 3.8) is 0 Å². The van der Waals surface area contributed by atoms with Crippen LogP contribution in [0.25, 0.3) is 113 Å². The average molecular weight is 2690 g/mol. The van der Waals surface area contributed by atoms with Gasteiger partial charge in [-0.2, -0.15) is 59.0 Å². The molecule has 22 nitrogen and oxygen atoms in total. The van der Waals surface area contributed by atoms with Crippen molar-refractivity contribution in [1.29, 1.82) is 10.5 Å². The van der Waals surface area contributed by atoms with E-state index in [-0.39, 0.29) is 68.8 Å². The van der Waals surface area contributed by atoms with Crippen molar-refractivity contribution < 1.29 is 102 Å². The van der Waals surface area contributed by atoms with Crippen LogP contribution >= 0.6 is 19.2 Å². The second kappa shape index (κ2) is 60.0. The first-order valence-corrected chi connectivity index (χ1v) is 49.2. The summed E-state index contributed by atoms with van der Waals surface area (Å²) in [6, 6.07) is 119. The molecule has 0 aliphatic carbocycles. The molecule has 0 fully saturated rings. The molecule has 12 aromatic heterocycles. The van der Waals surface area contributed by atoms with E-state index >= 15 is 0 Å². The minimum Gasteiger partial charge on any atom is -0.305 e. The van der Waals surface area contributed by atoms with E-state index in [1.165, 1.54) is 69.4 Å². The monoisotopic (exact) mass is 2690 g/mol. The fraction of sp³-hybridized carbons (Fsp3) is 0.0536. The first kappa shape index (κ1) is 114. The van der Waals surface area contributed by atoms with Crippen molar-refractivity contribution in [2.75, 3.05) is 0 Å². The Balaban J connectivity index is 0.000000186. The predicted molar refractivity (Wildman–Crippen MR) is 533 cm³/mol. The predicted octanol–water partition coefficient (Wildman–Crippen LogP) is 25.2. The second-order valence-electron chi connectivity index (χ2n) is 29.9. The van der Waals surface area contributed by atoms with Crippen molar-refractivity contribution in [2.45, 2.75) is 41.5 Å². The smallest absolute Gasteiger partial charge is 0.305 e. The molecule has 0 saturated heterocycles. The summed E-state index contributed by atoms with van der Waals surface area (Å²) in [6.07, 6.45) is 21.6. The number of nitrogens with zero attached hydrogens (tertiary/aromatic N) is 22. The Morgan fingerprint density at radius 2 is 0.541 bits per heavy atom. The maximum Gasteiger partial charge on any atom is 3.00 e. The molecule has 0 amide bonds. The summed E-state index contributed by atoms with van der Waals surface area (Å²) in [5.41, 5.74) is 20.9. The van der Waals surface area contributed by atoms with Gasteiger partial charge in [0.2, 0.25) is 0 Å². The van der Waals surface area contributed by atoms with Gasteiger partial charge in [-0.05, 0) is 183 Å². The van der Waals surface area contributed by atoms with Crippen LogP contribution in [0.1, 0.15) is 34.2 Å². The fourth-order valence-electron chi connectivity index (χ4n) is 13.1. The van der Waals surface area contributed by atoms with Crippen LogP contribution in [0.5, 0.6) is 0 Å². The largest absolute Gasteiger partial charge is 3.00 e. The molecule has 0 spiro atoms. The van der Waals surface area contributed by atoms with Gasteiger partial charge in [0, 0.05) is 120 Å². The topological polar surface area (TPSA) is 242 Å². The van der Waals surface area contributed by atoms with E-state index in [9.17, 15) is 26.3 Å². The number of hydrogen-bond donors (Lipinski definition) is 0. The van der Waals surface area contributed by atoms with Crippen molar-refractivity contribution in [1.82, 2.24) is 98.2 Å². The Bertz CT molecular complexity index is 7140. The van der Waals surface area contributed by atoms with Crippen molar-refractivity contribution in [2.24, 2.45) is 0 Å².